The zero-order valence-corrected chi connectivity index (χ0v) is 11.2. The van der Waals surface area contributed by atoms with E-state index in [2.05, 4.69) is 9.69 Å². The SMILES string of the molecule is CCOc1c(N)nsc1NCCC1CCCC1. The Morgan fingerprint density at radius 1 is 1.47 bits per heavy atom. The van der Waals surface area contributed by atoms with Crippen LogP contribution in [-0.4, -0.2) is 17.5 Å². The topological polar surface area (TPSA) is 60.2 Å². The van der Waals surface area contributed by atoms with Crippen LogP contribution in [0.4, 0.5) is 10.8 Å². The quantitative estimate of drug-likeness (QED) is 0.820. The number of aromatic nitrogens is 1. The number of nitrogens with one attached hydrogen (secondary N) is 1. The van der Waals surface area contributed by atoms with E-state index < -0.39 is 0 Å². The molecule has 0 unspecified atom stereocenters. The van der Waals surface area contributed by atoms with E-state index in [1.807, 2.05) is 6.92 Å². The van der Waals surface area contributed by atoms with E-state index in [1.54, 1.807) is 0 Å². The number of nitrogens with zero attached hydrogens (tertiary/aromatic N) is 1. The van der Waals surface area contributed by atoms with Gasteiger partial charge in [-0.2, -0.15) is 4.37 Å². The second kappa shape index (κ2) is 6.10. The average molecular weight is 255 g/mol. The molecule has 0 radical (unpaired) electrons. The fourth-order valence-electron chi connectivity index (χ4n) is 2.38. The largest absolute Gasteiger partial charge is 0.487 e. The van der Waals surface area contributed by atoms with Gasteiger partial charge in [0, 0.05) is 6.54 Å². The lowest BCUT2D eigenvalue weighted by atomic mass is 10.0. The summed E-state index contributed by atoms with van der Waals surface area (Å²) in [6.45, 7) is 3.58. The predicted octanol–water partition coefficient (Wildman–Crippen LogP) is 3.12. The number of rotatable bonds is 6. The fourth-order valence-corrected chi connectivity index (χ4v) is 3.06. The van der Waals surface area contributed by atoms with E-state index in [9.17, 15) is 0 Å². The first-order chi connectivity index (χ1) is 8.31. The van der Waals surface area contributed by atoms with Gasteiger partial charge in [0.25, 0.3) is 0 Å². The number of nitrogens with two attached hydrogens (primary N) is 1. The molecule has 0 saturated heterocycles. The van der Waals surface area contributed by atoms with Crippen LogP contribution in [-0.2, 0) is 0 Å². The molecule has 1 aromatic heterocycles. The van der Waals surface area contributed by atoms with Crippen LogP contribution >= 0.6 is 11.5 Å². The number of hydrogen-bond donors (Lipinski definition) is 2. The lowest BCUT2D eigenvalue weighted by molar-refractivity contribution is 0.344. The van der Waals surface area contributed by atoms with E-state index in [0.29, 0.717) is 12.4 Å². The minimum Gasteiger partial charge on any atom is -0.487 e. The highest BCUT2D eigenvalue weighted by atomic mass is 32.1. The Kier molecular flexibility index (Phi) is 4.48. The van der Waals surface area contributed by atoms with Crippen molar-refractivity contribution in [3.8, 4) is 5.75 Å². The Bertz CT molecular complexity index is 348. The first-order valence-corrected chi connectivity index (χ1v) is 7.20. The van der Waals surface area contributed by atoms with Crippen LogP contribution in [0, 0.1) is 5.92 Å². The maximum absolute atomic E-state index is 5.76. The highest BCUT2D eigenvalue weighted by Gasteiger charge is 2.16. The van der Waals surface area contributed by atoms with Crippen molar-refractivity contribution in [2.45, 2.75) is 39.0 Å². The third-order valence-electron chi connectivity index (χ3n) is 3.28. The number of anilines is 2. The highest BCUT2D eigenvalue weighted by molar-refractivity contribution is 7.11. The van der Waals surface area contributed by atoms with Gasteiger partial charge in [-0.1, -0.05) is 25.7 Å². The number of ether oxygens (including phenoxy) is 1. The molecule has 2 rings (SSSR count). The van der Waals surface area contributed by atoms with Gasteiger partial charge in [0.1, 0.15) is 0 Å². The molecule has 0 bridgehead atoms. The molecule has 0 spiro atoms. The summed E-state index contributed by atoms with van der Waals surface area (Å²) in [4.78, 5) is 0. The molecule has 3 N–H and O–H groups in total. The normalized spacial score (nSPS) is 16.3. The predicted molar refractivity (Wildman–Crippen MR) is 72.8 cm³/mol. The minimum atomic E-state index is 0.500. The smallest absolute Gasteiger partial charge is 0.197 e. The van der Waals surface area contributed by atoms with Gasteiger partial charge in [0.05, 0.1) is 6.61 Å². The van der Waals surface area contributed by atoms with E-state index >= 15 is 0 Å². The lowest BCUT2D eigenvalue weighted by Crippen LogP contribution is -2.07. The summed E-state index contributed by atoms with van der Waals surface area (Å²) in [7, 11) is 0. The van der Waals surface area contributed by atoms with Crippen molar-refractivity contribution in [2.24, 2.45) is 5.92 Å². The molecule has 1 aliphatic carbocycles. The Morgan fingerprint density at radius 3 is 2.94 bits per heavy atom. The molecule has 0 aliphatic heterocycles. The molecular weight excluding hydrogens is 234 g/mol. The molecule has 17 heavy (non-hydrogen) atoms. The van der Waals surface area contributed by atoms with Crippen LogP contribution in [0.3, 0.4) is 0 Å². The van der Waals surface area contributed by atoms with Crippen LogP contribution in [0.15, 0.2) is 0 Å². The van der Waals surface area contributed by atoms with Gasteiger partial charge in [-0.15, -0.1) is 0 Å². The van der Waals surface area contributed by atoms with Crippen LogP contribution in [0.5, 0.6) is 5.75 Å². The van der Waals surface area contributed by atoms with Crippen molar-refractivity contribution in [3.63, 3.8) is 0 Å². The Hall–Kier alpha value is -0.970. The summed E-state index contributed by atoms with van der Waals surface area (Å²) >= 11 is 1.39. The van der Waals surface area contributed by atoms with Gasteiger partial charge in [-0.25, -0.2) is 0 Å². The van der Waals surface area contributed by atoms with Gasteiger partial charge in [-0.05, 0) is 30.8 Å². The summed E-state index contributed by atoms with van der Waals surface area (Å²) in [6, 6.07) is 0. The zero-order valence-electron chi connectivity index (χ0n) is 10.4. The second-order valence-corrected chi connectivity index (χ2v) is 5.30. The maximum atomic E-state index is 5.76. The van der Waals surface area contributed by atoms with E-state index in [-0.39, 0.29) is 0 Å². The molecule has 1 aliphatic rings. The molecule has 0 atom stereocenters. The first kappa shape index (κ1) is 12.5. The summed E-state index contributed by atoms with van der Waals surface area (Å²) in [5, 5.41) is 4.37. The third-order valence-corrected chi connectivity index (χ3v) is 4.08. The van der Waals surface area contributed by atoms with Crippen molar-refractivity contribution < 1.29 is 4.74 Å². The van der Waals surface area contributed by atoms with Crippen molar-refractivity contribution >= 4 is 22.4 Å². The van der Waals surface area contributed by atoms with Gasteiger partial charge in [0.2, 0.25) is 0 Å². The van der Waals surface area contributed by atoms with E-state index in [1.165, 1.54) is 43.6 Å². The van der Waals surface area contributed by atoms with Crippen LogP contribution in [0.25, 0.3) is 0 Å². The summed E-state index contributed by atoms with van der Waals surface area (Å²) < 4.78 is 9.61. The standard InChI is InChI=1S/C12H21N3OS/c1-2-16-10-11(13)15-17-12(10)14-8-7-9-5-3-4-6-9/h9,14H,2-8H2,1H3,(H2,13,15). The molecule has 4 nitrogen and oxygen atoms in total. The molecule has 0 aromatic carbocycles. The lowest BCUT2D eigenvalue weighted by Gasteiger charge is -2.10. The summed E-state index contributed by atoms with van der Waals surface area (Å²) in [5.41, 5.74) is 5.76. The van der Waals surface area contributed by atoms with Crippen molar-refractivity contribution in [2.75, 3.05) is 24.2 Å². The van der Waals surface area contributed by atoms with Gasteiger partial charge in [0.15, 0.2) is 16.6 Å². The van der Waals surface area contributed by atoms with E-state index in [4.69, 9.17) is 10.5 Å². The highest BCUT2D eigenvalue weighted by Crippen LogP contribution is 2.35. The molecular formula is C12H21N3OS. The molecule has 1 heterocycles. The Morgan fingerprint density at radius 2 is 2.24 bits per heavy atom. The van der Waals surface area contributed by atoms with Crippen molar-refractivity contribution in [3.05, 3.63) is 0 Å². The van der Waals surface area contributed by atoms with Gasteiger partial charge in [-0.3, -0.25) is 0 Å². The van der Waals surface area contributed by atoms with Crippen molar-refractivity contribution in [1.29, 1.82) is 0 Å². The second-order valence-electron chi connectivity index (χ2n) is 4.53. The zero-order chi connectivity index (χ0) is 12.1. The van der Waals surface area contributed by atoms with Crippen molar-refractivity contribution in [1.82, 2.24) is 4.37 Å². The number of nitrogen functional groups attached to an aromatic ring is 1. The average Bonchev–Trinajstić information content (AvgIpc) is 2.93. The first-order valence-electron chi connectivity index (χ1n) is 6.43. The van der Waals surface area contributed by atoms with Crippen LogP contribution < -0.4 is 15.8 Å². The molecule has 0 amide bonds. The summed E-state index contributed by atoms with van der Waals surface area (Å²) in [5.74, 6) is 2.13. The molecule has 1 saturated carbocycles. The monoisotopic (exact) mass is 255 g/mol. The maximum Gasteiger partial charge on any atom is 0.197 e. The molecule has 96 valence electrons. The van der Waals surface area contributed by atoms with Gasteiger partial charge < -0.3 is 15.8 Å². The van der Waals surface area contributed by atoms with Gasteiger partial charge >= 0.3 is 0 Å². The van der Waals surface area contributed by atoms with E-state index in [0.717, 1.165) is 23.2 Å². The number of hydrogen-bond acceptors (Lipinski definition) is 5. The fraction of sp³-hybridized carbons (Fsp3) is 0.750. The molecule has 1 fully saturated rings. The Balaban J connectivity index is 1.81. The van der Waals surface area contributed by atoms with Crippen LogP contribution in [0.1, 0.15) is 39.0 Å². The molecule has 1 aromatic rings. The minimum absolute atomic E-state index is 0.500. The third kappa shape index (κ3) is 3.25. The summed E-state index contributed by atoms with van der Waals surface area (Å²) in [6.07, 6.45) is 6.84. The molecule has 5 heteroatoms. The van der Waals surface area contributed by atoms with Crippen LogP contribution in [0.2, 0.25) is 0 Å². The Labute approximate surface area is 107 Å².